The van der Waals surface area contributed by atoms with Gasteiger partial charge >= 0.3 is 0 Å². The molecule has 6 heteroatoms. The minimum absolute atomic E-state index is 0.175. The molecular weight excluding hydrogens is 340 g/mol. The number of hydrogen-bond acceptors (Lipinski definition) is 4. The fourth-order valence-electron chi connectivity index (χ4n) is 4.55. The molecule has 2 aliphatic heterocycles. The summed E-state index contributed by atoms with van der Waals surface area (Å²) >= 11 is 0. The van der Waals surface area contributed by atoms with Crippen LogP contribution in [-0.2, 0) is 16.1 Å². The van der Waals surface area contributed by atoms with E-state index in [0.717, 1.165) is 57.6 Å². The molecule has 2 amide bonds. The minimum Gasteiger partial charge on any atom is -0.353 e. The van der Waals surface area contributed by atoms with Gasteiger partial charge in [-0.3, -0.25) is 14.6 Å². The van der Waals surface area contributed by atoms with E-state index in [-0.39, 0.29) is 17.2 Å². The van der Waals surface area contributed by atoms with Crippen molar-refractivity contribution in [1.82, 2.24) is 20.1 Å². The van der Waals surface area contributed by atoms with Crippen molar-refractivity contribution >= 4 is 11.8 Å². The summed E-state index contributed by atoms with van der Waals surface area (Å²) < 4.78 is 0. The number of carbonyl (C=O) groups is 2. The Morgan fingerprint density at radius 2 is 2.15 bits per heavy atom. The largest absolute Gasteiger partial charge is 0.353 e. The molecule has 2 saturated heterocycles. The van der Waals surface area contributed by atoms with Crippen LogP contribution >= 0.6 is 0 Å². The highest BCUT2D eigenvalue weighted by Crippen LogP contribution is 2.39. The number of pyridine rings is 1. The van der Waals surface area contributed by atoms with Gasteiger partial charge in [0.2, 0.25) is 11.8 Å². The third-order valence-electron chi connectivity index (χ3n) is 6.17. The van der Waals surface area contributed by atoms with Crippen molar-refractivity contribution < 1.29 is 9.59 Å². The van der Waals surface area contributed by atoms with E-state index >= 15 is 0 Å². The predicted molar refractivity (Wildman–Crippen MR) is 103 cm³/mol. The maximum Gasteiger partial charge on any atom is 0.222 e. The molecule has 1 aromatic heterocycles. The number of aromatic nitrogens is 1. The Hall–Kier alpha value is -1.95. The van der Waals surface area contributed by atoms with Crippen LogP contribution in [0.2, 0.25) is 0 Å². The van der Waals surface area contributed by atoms with Gasteiger partial charge in [0.05, 0.1) is 12.2 Å². The summed E-state index contributed by atoms with van der Waals surface area (Å²) in [6.07, 6.45) is 8.56. The molecule has 6 nitrogen and oxygen atoms in total. The Balaban J connectivity index is 1.33. The standard InChI is InChI=1S/C21H30N4O2/c26-19(23-17-5-6-17)8-13-24-12-3-9-21(15-24)10-7-20(27)25(16-21)14-18-4-1-2-11-22-18/h1-2,4,11,17H,3,5-10,12-16H2,(H,23,26). The maximum atomic E-state index is 12.5. The normalized spacial score (nSPS) is 26.4. The van der Waals surface area contributed by atoms with Crippen LogP contribution < -0.4 is 5.32 Å². The fourth-order valence-corrected chi connectivity index (χ4v) is 4.55. The molecule has 1 N–H and O–H groups in total. The third kappa shape index (κ3) is 4.86. The van der Waals surface area contributed by atoms with E-state index in [1.54, 1.807) is 6.20 Å². The van der Waals surface area contributed by atoms with Crippen molar-refractivity contribution in [3.8, 4) is 0 Å². The average Bonchev–Trinajstić information content (AvgIpc) is 3.48. The van der Waals surface area contributed by atoms with Crippen LogP contribution in [-0.4, -0.2) is 58.8 Å². The Labute approximate surface area is 161 Å². The van der Waals surface area contributed by atoms with Gasteiger partial charge in [0, 0.05) is 50.1 Å². The van der Waals surface area contributed by atoms with E-state index in [4.69, 9.17) is 0 Å². The lowest BCUT2D eigenvalue weighted by atomic mass is 9.73. The quantitative estimate of drug-likeness (QED) is 0.831. The monoisotopic (exact) mass is 370 g/mol. The first-order valence-electron chi connectivity index (χ1n) is 10.3. The smallest absolute Gasteiger partial charge is 0.222 e. The molecular formula is C21H30N4O2. The second-order valence-corrected chi connectivity index (χ2v) is 8.54. The molecule has 1 saturated carbocycles. The van der Waals surface area contributed by atoms with E-state index in [0.29, 0.717) is 25.4 Å². The lowest BCUT2D eigenvalue weighted by Gasteiger charge is -2.48. The van der Waals surface area contributed by atoms with Gasteiger partial charge in [-0.05, 0) is 50.8 Å². The van der Waals surface area contributed by atoms with Gasteiger partial charge in [-0.25, -0.2) is 0 Å². The van der Waals surface area contributed by atoms with Gasteiger partial charge in [-0.15, -0.1) is 0 Å². The second kappa shape index (κ2) is 7.97. The molecule has 1 spiro atoms. The third-order valence-corrected chi connectivity index (χ3v) is 6.17. The zero-order valence-electron chi connectivity index (χ0n) is 16.0. The van der Waals surface area contributed by atoms with Crippen molar-refractivity contribution in [1.29, 1.82) is 0 Å². The van der Waals surface area contributed by atoms with Crippen molar-refractivity contribution in [3.63, 3.8) is 0 Å². The molecule has 1 aliphatic carbocycles. The van der Waals surface area contributed by atoms with Crippen LogP contribution in [0.4, 0.5) is 0 Å². The number of likely N-dealkylation sites (tertiary alicyclic amines) is 2. The van der Waals surface area contributed by atoms with Crippen LogP contribution in [0.1, 0.15) is 50.6 Å². The van der Waals surface area contributed by atoms with Gasteiger partial charge in [-0.2, -0.15) is 0 Å². The molecule has 0 radical (unpaired) electrons. The summed E-state index contributed by atoms with van der Waals surface area (Å²) in [7, 11) is 0. The molecule has 3 fully saturated rings. The first kappa shape index (κ1) is 18.4. The summed E-state index contributed by atoms with van der Waals surface area (Å²) in [6, 6.07) is 6.30. The minimum atomic E-state index is 0.175. The van der Waals surface area contributed by atoms with E-state index in [9.17, 15) is 9.59 Å². The van der Waals surface area contributed by atoms with Crippen LogP contribution in [0.5, 0.6) is 0 Å². The fraction of sp³-hybridized carbons (Fsp3) is 0.667. The summed E-state index contributed by atoms with van der Waals surface area (Å²) in [4.78, 5) is 33.3. The number of amides is 2. The number of nitrogens with zero attached hydrogens (tertiary/aromatic N) is 3. The van der Waals surface area contributed by atoms with E-state index in [1.165, 1.54) is 6.42 Å². The average molecular weight is 370 g/mol. The first-order chi connectivity index (χ1) is 13.1. The summed E-state index contributed by atoms with van der Waals surface area (Å²) in [5.41, 5.74) is 1.13. The number of nitrogens with one attached hydrogen (secondary N) is 1. The number of carbonyl (C=O) groups excluding carboxylic acids is 2. The van der Waals surface area contributed by atoms with Crippen LogP contribution in [0, 0.1) is 5.41 Å². The highest BCUT2D eigenvalue weighted by Gasteiger charge is 2.41. The van der Waals surface area contributed by atoms with Crippen LogP contribution in [0.15, 0.2) is 24.4 Å². The molecule has 1 atom stereocenters. The Morgan fingerprint density at radius 1 is 1.26 bits per heavy atom. The van der Waals surface area contributed by atoms with E-state index in [1.807, 2.05) is 23.1 Å². The zero-order valence-corrected chi connectivity index (χ0v) is 16.0. The molecule has 146 valence electrons. The summed E-state index contributed by atoms with van der Waals surface area (Å²) in [6.45, 7) is 4.30. The highest BCUT2D eigenvalue weighted by molar-refractivity contribution is 5.77. The molecule has 27 heavy (non-hydrogen) atoms. The molecule has 4 rings (SSSR count). The van der Waals surface area contributed by atoms with Crippen molar-refractivity contribution in [2.75, 3.05) is 26.2 Å². The Morgan fingerprint density at radius 3 is 2.93 bits per heavy atom. The van der Waals surface area contributed by atoms with E-state index in [2.05, 4.69) is 15.2 Å². The SMILES string of the molecule is O=C(CCN1CCCC2(CCC(=O)N(Cc3ccccn3)C2)C1)NC1CC1. The van der Waals surface area contributed by atoms with Gasteiger partial charge in [0.1, 0.15) is 0 Å². The Bertz CT molecular complexity index is 676. The van der Waals surface area contributed by atoms with Crippen molar-refractivity contribution in [2.45, 2.75) is 57.5 Å². The predicted octanol–water partition coefficient (Wildman–Crippen LogP) is 1.95. The molecule has 0 bridgehead atoms. The van der Waals surface area contributed by atoms with Gasteiger partial charge in [0.25, 0.3) is 0 Å². The first-order valence-corrected chi connectivity index (χ1v) is 10.3. The van der Waals surface area contributed by atoms with E-state index < -0.39 is 0 Å². The maximum absolute atomic E-state index is 12.5. The zero-order chi connectivity index (χ0) is 18.7. The number of piperidine rings is 2. The molecule has 0 aromatic carbocycles. The number of hydrogen-bond donors (Lipinski definition) is 1. The Kier molecular flexibility index (Phi) is 5.43. The second-order valence-electron chi connectivity index (χ2n) is 8.54. The topological polar surface area (TPSA) is 65.5 Å². The summed E-state index contributed by atoms with van der Waals surface area (Å²) in [5, 5.41) is 3.08. The molecule has 3 heterocycles. The lowest BCUT2D eigenvalue weighted by Crippen LogP contribution is -2.54. The lowest BCUT2D eigenvalue weighted by molar-refractivity contribution is -0.140. The molecule has 3 aliphatic rings. The van der Waals surface area contributed by atoms with Crippen molar-refractivity contribution in [2.24, 2.45) is 5.41 Å². The highest BCUT2D eigenvalue weighted by atomic mass is 16.2. The molecule has 1 unspecified atom stereocenters. The van der Waals surface area contributed by atoms with Gasteiger partial charge in [0.15, 0.2) is 0 Å². The van der Waals surface area contributed by atoms with Gasteiger partial charge < -0.3 is 15.1 Å². The van der Waals surface area contributed by atoms with Crippen LogP contribution in [0.3, 0.4) is 0 Å². The molecule has 1 aromatic rings. The van der Waals surface area contributed by atoms with Crippen molar-refractivity contribution in [3.05, 3.63) is 30.1 Å². The van der Waals surface area contributed by atoms with Gasteiger partial charge in [-0.1, -0.05) is 6.07 Å². The number of rotatable bonds is 6. The van der Waals surface area contributed by atoms with Crippen LogP contribution in [0.25, 0.3) is 0 Å². The summed E-state index contributed by atoms with van der Waals surface area (Å²) in [5.74, 6) is 0.430.